The van der Waals surface area contributed by atoms with Crippen molar-refractivity contribution in [1.29, 1.82) is 0 Å². The molecule has 0 aliphatic rings. The molecular weight excluding hydrogens is 320 g/mol. The van der Waals surface area contributed by atoms with Gasteiger partial charge in [0.15, 0.2) is 0 Å². The number of phenolic OH excluding ortho intramolecular Hbond substituents is 1. The first kappa shape index (κ1) is 14.5. The summed E-state index contributed by atoms with van der Waals surface area (Å²) in [6.07, 6.45) is 0. The molecule has 4 nitrogen and oxygen atoms in total. The van der Waals surface area contributed by atoms with Crippen LogP contribution in [0, 0.1) is 0 Å². The molecule has 24 heavy (non-hydrogen) atoms. The van der Waals surface area contributed by atoms with Crippen LogP contribution in [0.5, 0.6) is 5.75 Å². The van der Waals surface area contributed by atoms with E-state index in [9.17, 15) is 9.90 Å². The fourth-order valence-corrected chi connectivity index (χ4v) is 3.29. The Hall–Kier alpha value is -3.05. The first-order chi connectivity index (χ1) is 11.7. The number of benzene rings is 2. The zero-order valence-electron chi connectivity index (χ0n) is 12.5. The third-order valence-corrected chi connectivity index (χ3v) is 4.58. The van der Waals surface area contributed by atoms with Gasteiger partial charge < -0.3 is 5.11 Å². The highest BCUT2D eigenvalue weighted by molar-refractivity contribution is 7.13. The number of aromatic hydroxyl groups is 1. The average molecular weight is 332 g/mol. The maximum Gasteiger partial charge on any atom is 0.296 e. The number of phenols is 1. The number of hydrogen-bond donors (Lipinski definition) is 1. The lowest BCUT2D eigenvalue weighted by Crippen LogP contribution is -2.06. The minimum absolute atomic E-state index is 0.142. The second-order valence-corrected chi connectivity index (χ2v) is 6.21. The average Bonchev–Trinajstić information content (AvgIpc) is 3.07. The Morgan fingerprint density at radius 1 is 0.833 bits per heavy atom. The van der Waals surface area contributed by atoms with Gasteiger partial charge in [-0.1, -0.05) is 24.3 Å². The Morgan fingerprint density at radius 3 is 2.38 bits per heavy atom. The van der Waals surface area contributed by atoms with Gasteiger partial charge in [-0.2, -0.15) is 0 Å². The molecule has 0 aliphatic heterocycles. The zero-order chi connectivity index (χ0) is 16.5. The summed E-state index contributed by atoms with van der Waals surface area (Å²) < 4.78 is 0. The normalized spacial score (nSPS) is 10.8. The van der Waals surface area contributed by atoms with Gasteiger partial charge in [-0.15, -0.1) is 11.3 Å². The molecule has 4 rings (SSSR count). The number of aromatic nitrogens is 2. The predicted octanol–water partition coefficient (Wildman–Crippen LogP) is 4.09. The summed E-state index contributed by atoms with van der Waals surface area (Å²) >= 11 is 1.57. The Kier molecular flexibility index (Phi) is 3.55. The molecule has 0 spiro atoms. The van der Waals surface area contributed by atoms with Crippen molar-refractivity contribution in [3.05, 3.63) is 76.4 Å². The van der Waals surface area contributed by atoms with Crippen molar-refractivity contribution in [3.8, 4) is 27.6 Å². The van der Waals surface area contributed by atoms with E-state index in [1.165, 1.54) is 12.1 Å². The van der Waals surface area contributed by atoms with Crippen LogP contribution < -0.4 is 5.56 Å². The van der Waals surface area contributed by atoms with Gasteiger partial charge in [0.05, 0.1) is 16.1 Å². The highest BCUT2D eigenvalue weighted by atomic mass is 32.1. The van der Waals surface area contributed by atoms with Crippen LogP contribution in [0.2, 0.25) is 0 Å². The predicted molar refractivity (Wildman–Crippen MR) is 96.2 cm³/mol. The molecule has 1 N–H and O–H groups in total. The second-order valence-electron chi connectivity index (χ2n) is 5.27. The van der Waals surface area contributed by atoms with Crippen LogP contribution >= 0.6 is 11.3 Å². The highest BCUT2D eigenvalue weighted by Crippen LogP contribution is 2.29. The maximum atomic E-state index is 12.6. The molecule has 0 saturated heterocycles. The summed E-state index contributed by atoms with van der Waals surface area (Å²) in [6, 6.07) is 17.8. The molecular formula is C19H12N2O2S. The summed E-state index contributed by atoms with van der Waals surface area (Å²) in [4.78, 5) is 22.5. The van der Waals surface area contributed by atoms with Crippen molar-refractivity contribution in [3.63, 3.8) is 0 Å². The van der Waals surface area contributed by atoms with Gasteiger partial charge in [0, 0.05) is 10.9 Å². The molecule has 2 aromatic heterocycles. The SMILES string of the molecule is O=c1nc2ccccc2c(-c2cccs2)nc1-c1ccc(O)cc1. The van der Waals surface area contributed by atoms with Crippen LogP contribution in [0.1, 0.15) is 0 Å². The molecule has 0 aliphatic carbocycles. The fraction of sp³-hybridized carbons (Fsp3) is 0. The van der Waals surface area contributed by atoms with Crippen LogP contribution in [0.4, 0.5) is 0 Å². The van der Waals surface area contributed by atoms with Crippen molar-refractivity contribution >= 4 is 22.2 Å². The molecule has 0 atom stereocenters. The quantitative estimate of drug-likeness (QED) is 0.600. The van der Waals surface area contributed by atoms with Crippen molar-refractivity contribution in [2.24, 2.45) is 0 Å². The van der Waals surface area contributed by atoms with Crippen LogP contribution in [-0.2, 0) is 0 Å². The van der Waals surface area contributed by atoms with Crippen molar-refractivity contribution < 1.29 is 5.11 Å². The minimum Gasteiger partial charge on any atom is -0.508 e. The van der Waals surface area contributed by atoms with Gasteiger partial charge in [-0.05, 0) is 41.8 Å². The van der Waals surface area contributed by atoms with Crippen LogP contribution in [0.15, 0.2) is 70.8 Å². The van der Waals surface area contributed by atoms with Crippen LogP contribution in [-0.4, -0.2) is 15.1 Å². The molecule has 4 aromatic rings. The van der Waals surface area contributed by atoms with Gasteiger partial charge in [0.2, 0.25) is 0 Å². The molecule has 116 valence electrons. The van der Waals surface area contributed by atoms with E-state index in [2.05, 4.69) is 9.97 Å². The first-order valence-electron chi connectivity index (χ1n) is 7.37. The third kappa shape index (κ3) is 2.55. The van der Waals surface area contributed by atoms with Crippen LogP contribution in [0.25, 0.3) is 32.7 Å². The molecule has 0 unspecified atom stereocenters. The monoisotopic (exact) mass is 332 g/mol. The molecule has 0 radical (unpaired) electrons. The van der Waals surface area contributed by atoms with Gasteiger partial charge in [0.25, 0.3) is 5.56 Å². The van der Waals surface area contributed by atoms with E-state index < -0.39 is 0 Å². The Morgan fingerprint density at radius 2 is 1.62 bits per heavy atom. The maximum absolute atomic E-state index is 12.6. The van der Waals surface area contributed by atoms with Gasteiger partial charge in [-0.25, -0.2) is 9.97 Å². The number of rotatable bonds is 2. The lowest BCUT2D eigenvalue weighted by molar-refractivity contribution is 0.475. The lowest BCUT2D eigenvalue weighted by atomic mass is 10.1. The van der Waals surface area contributed by atoms with E-state index in [0.29, 0.717) is 11.1 Å². The smallest absolute Gasteiger partial charge is 0.296 e. The second kappa shape index (κ2) is 5.86. The van der Waals surface area contributed by atoms with Crippen molar-refractivity contribution in [2.75, 3.05) is 0 Å². The number of nitrogens with zero attached hydrogens (tertiary/aromatic N) is 2. The fourth-order valence-electron chi connectivity index (χ4n) is 2.56. The van der Waals surface area contributed by atoms with E-state index >= 15 is 0 Å². The minimum atomic E-state index is -0.389. The van der Waals surface area contributed by atoms with Crippen LogP contribution in [0.3, 0.4) is 0 Å². The summed E-state index contributed by atoms with van der Waals surface area (Å²) in [6.45, 7) is 0. The summed E-state index contributed by atoms with van der Waals surface area (Å²) in [5, 5.41) is 12.3. The van der Waals surface area contributed by atoms with E-state index in [1.54, 1.807) is 23.5 Å². The molecule has 2 aromatic carbocycles. The number of thiophene rings is 1. The number of hydrogen-bond acceptors (Lipinski definition) is 5. The summed E-state index contributed by atoms with van der Waals surface area (Å²) in [5.74, 6) is 0.142. The van der Waals surface area contributed by atoms with E-state index in [0.717, 1.165) is 16.0 Å². The topological polar surface area (TPSA) is 63.1 Å². The molecule has 0 fully saturated rings. The Labute approximate surface area is 141 Å². The van der Waals surface area contributed by atoms with E-state index in [-0.39, 0.29) is 17.0 Å². The lowest BCUT2D eigenvalue weighted by Gasteiger charge is -2.00. The van der Waals surface area contributed by atoms with Crippen molar-refractivity contribution in [2.45, 2.75) is 0 Å². The van der Waals surface area contributed by atoms with Gasteiger partial charge in [0.1, 0.15) is 11.4 Å². The molecule has 0 amide bonds. The van der Waals surface area contributed by atoms with Gasteiger partial charge >= 0.3 is 0 Å². The molecule has 5 heteroatoms. The van der Waals surface area contributed by atoms with E-state index in [4.69, 9.17) is 0 Å². The Balaban J connectivity index is 2.11. The molecule has 0 saturated carbocycles. The third-order valence-electron chi connectivity index (χ3n) is 3.70. The van der Waals surface area contributed by atoms with Gasteiger partial charge in [-0.3, -0.25) is 4.79 Å². The summed E-state index contributed by atoms with van der Waals surface area (Å²) in [5.41, 5.74) is 1.86. The standard InChI is InChI=1S/C19H12N2O2S/c22-13-9-7-12(8-10-13)17-19(23)20-15-5-2-1-4-14(15)18(21-17)16-6-3-11-24-16/h1-11,22H. The summed E-state index contributed by atoms with van der Waals surface area (Å²) in [7, 11) is 0. The largest absolute Gasteiger partial charge is 0.508 e. The molecule has 0 bridgehead atoms. The number of para-hydroxylation sites is 1. The first-order valence-corrected chi connectivity index (χ1v) is 8.25. The van der Waals surface area contributed by atoms with Crippen molar-refractivity contribution in [1.82, 2.24) is 9.97 Å². The van der Waals surface area contributed by atoms with E-state index in [1.807, 2.05) is 41.8 Å². The molecule has 2 heterocycles. The highest BCUT2D eigenvalue weighted by Gasteiger charge is 2.12. The zero-order valence-corrected chi connectivity index (χ0v) is 13.3. The number of fused-ring (bicyclic) bond motifs is 1. The Bertz CT molecular complexity index is 1070.